The lowest BCUT2D eigenvalue weighted by atomic mass is 9.95. The van der Waals surface area contributed by atoms with Crippen LogP contribution in [0.5, 0.6) is 5.75 Å². The molecular formula is C14H19FN2O2. The Morgan fingerprint density at radius 3 is 2.89 bits per heavy atom. The van der Waals surface area contributed by atoms with Crippen LogP contribution < -0.4 is 10.1 Å². The van der Waals surface area contributed by atoms with Crippen molar-refractivity contribution in [3.63, 3.8) is 0 Å². The van der Waals surface area contributed by atoms with Gasteiger partial charge in [0.15, 0.2) is 11.9 Å². The first-order valence-corrected chi connectivity index (χ1v) is 6.74. The number of rotatable bonds is 4. The molecule has 0 bridgehead atoms. The third-order valence-corrected chi connectivity index (χ3v) is 3.35. The highest BCUT2D eigenvalue weighted by Crippen LogP contribution is 2.18. The Morgan fingerprint density at radius 2 is 2.21 bits per heavy atom. The van der Waals surface area contributed by atoms with Gasteiger partial charge in [0.2, 0.25) is 0 Å². The molecular weight excluding hydrogens is 247 g/mol. The Labute approximate surface area is 112 Å². The summed E-state index contributed by atoms with van der Waals surface area (Å²) >= 11 is 0. The summed E-state index contributed by atoms with van der Waals surface area (Å²) in [7, 11) is 0. The second-order valence-electron chi connectivity index (χ2n) is 4.90. The largest absolute Gasteiger partial charge is 0.476 e. The van der Waals surface area contributed by atoms with E-state index in [-0.39, 0.29) is 17.7 Å². The molecule has 4 nitrogen and oxygen atoms in total. The van der Waals surface area contributed by atoms with E-state index in [9.17, 15) is 9.18 Å². The van der Waals surface area contributed by atoms with Crippen LogP contribution in [0.2, 0.25) is 0 Å². The first-order chi connectivity index (χ1) is 9.16. The lowest BCUT2D eigenvalue weighted by molar-refractivity contribution is -0.128. The van der Waals surface area contributed by atoms with Crippen molar-refractivity contribution < 1.29 is 13.9 Å². The number of carbonyl (C=O) groups is 1. The smallest absolute Gasteiger partial charge is 0.260 e. The van der Waals surface area contributed by atoms with Gasteiger partial charge in [0.05, 0.1) is 0 Å². The van der Waals surface area contributed by atoms with Gasteiger partial charge in [0.25, 0.3) is 11.9 Å². The fourth-order valence-corrected chi connectivity index (χ4v) is 2.27. The molecule has 5 heteroatoms. The van der Waals surface area contributed by atoms with Gasteiger partial charge < -0.3 is 10.1 Å². The van der Waals surface area contributed by atoms with E-state index < -0.39 is 12.1 Å². The summed E-state index contributed by atoms with van der Waals surface area (Å²) in [6.07, 6.45) is 6.18. The number of pyridine rings is 1. The molecule has 1 aromatic heterocycles. The van der Waals surface area contributed by atoms with Crippen LogP contribution in [0.15, 0.2) is 18.3 Å². The minimum atomic E-state index is -0.722. The second-order valence-corrected chi connectivity index (χ2v) is 4.90. The number of carbonyl (C=O) groups excluding carboxylic acids is 1. The van der Waals surface area contributed by atoms with Crippen LogP contribution in [0.25, 0.3) is 0 Å². The van der Waals surface area contributed by atoms with Gasteiger partial charge in [-0.25, -0.2) is 4.98 Å². The summed E-state index contributed by atoms with van der Waals surface area (Å²) in [5.41, 5.74) is 0. The van der Waals surface area contributed by atoms with Crippen LogP contribution in [0.1, 0.15) is 39.0 Å². The molecule has 1 heterocycles. The lowest BCUT2D eigenvalue weighted by Crippen LogP contribution is -2.43. The standard InChI is InChI=1S/C14H19FN2O2/c1-10(19-12-8-5-9-16-13(12)15)14(18)17-11-6-3-2-4-7-11/h5,8-11H,2-4,6-7H2,1H3,(H,17,18). The fourth-order valence-electron chi connectivity index (χ4n) is 2.27. The Bertz CT molecular complexity index is 433. The average molecular weight is 266 g/mol. The topological polar surface area (TPSA) is 51.2 Å². The third kappa shape index (κ3) is 3.91. The number of nitrogens with zero attached hydrogens (tertiary/aromatic N) is 1. The quantitative estimate of drug-likeness (QED) is 0.852. The SMILES string of the molecule is CC(Oc1cccnc1F)C(=O)NC1CCCCC1. The monoisotopic (exact) mass is 266 g/mol. The Kier molecular flexibility index (Phi) is 4.71. The van der Waals surface area contributed by atoms with Crippen LogP contribution in [0.3, 0.4) is 0 Å². The molecule has 0 aliphatic heterocycles. The normalized spacial score (nSPS) is 17.8. The van der Waals surface area contributed by atoms with E-state index in [4.69, 9.17) is 4.74 Å². The van der Waals surface area contributed by atoms with Crippen molar-refractivity contribution in [3.05, 3.63) is 24.3 Å². The van der Waals surface area contributed by atoms with Crippen molar-refractivity contribution in [2.75, 3.05) is 0 Å². The summed E-state index contributed by atoms with van der Waals surface area (Å²) in [6.45, 7) is 1.62. The van der Waals surface area contributed by atoms with Crippen LogP contribution in [-0.2, 0) is 4.79 Å². The minimum Gasteiger partial charge on any atom is -0.476 e. The molecule has 1 aromatic rings. The van der Waals surface area contributed by atoms with E-state index in [0.717, 1.165) is 25.7 Å². The number of hydrogen-bond donors (Lipinski definition) is 1. The number of halogens is 1. The summed E-state index contributed by atoms with van der Waals surface area (Å²) in [5.74, 6) is -0.885. The molecule has 1 fully saturated rings. The maximum absolute atomic E-state index is 13.3. The van der Waals surface area contributed by atoms with Gasteiger partial charge in [-0.2, -0.15) is 4.39 Å². The number of nitrogens with one attached hydrogen (secondary N) is 1. The fraction of sp³-hybridized carbons (Fsp3) is 0.571. The molecule has 104 valence electrons. The molecule has 1 saturated carbocycles. The van der Waals surface area contributed by atoms with Gasteiger partial charge in [-0.1, -0.05) is 19.3 Å². The van der Waals surface area contributed by atoms with Gasteiger partial charge in [0, 0.05) is 12.2 Å². The number of amides is 1. The molecule has 0 radical (unpaired) electrons. The van der Waals surface area contributed by atoms with Crippen molar-refractivity contribution >= 4 is 5.91 Å². The van der Waals surface area contributed by atoms with E-state index in [0.29, 0.717) is 0 Å². The van der Waals surface area contributed by atoms with Crippen LogP contribution >= 0.6 is 0 Å². The van der Waals surface area contributed by atoms with Gasteiger partial charge in [-0.05, 0) is 31.9 Å². The molecule has 1 N–H and O–H groups in total. The highest BCUT2D eigenvalue weighted by atomic mass is 19.1. The average Bonchev–Trinajstić information content (AvgIpc) is 2.42. The molecule has 1 atom stereocenters. The van der Waals surface area contributed by atoms with Gasteiger partial charge >= 0.3 is 0 Å². The van der Waals surface area contributed by atoms with Crippen molar-refractivity contribution in [2.45, 2.75) is 51.2 Å². The number of ether oxygens (including phenoxy) is 1. The third-order valence-electron chi connectivity index (χ3n) is 3.35. The highest BCUT2D eigenvalue weighted by molar-refractivity contribution is 5.81. The lowest BCUT2D eigenvalue weighted by Gasteiger charge is -2.24. The highest BCUT2D eigenvalue weighted by Gasteiger charge is 2.21. The molecule has 1 aliphatic rings. The number of hydrogen-bond acceptors (Lipinski definition) is 3. The predicted molar refractivity (Wildman–Crippen MR) is 69.3 cm³/mol. The molecule has 1 unspecified atom stereocenters. The van der Waals surface area contributed by atoms with E-state index >= 15 is 0 Å². The van der Waals surface area contributed by atoms with Crippen molar-refractivity contribution in [3.8, 4) is 5.75 Å². The molecule has 2 rings (SSSR count). The molecule has 0 saturated heterocycles. The van der Waals surface area contributed by atoms with Gasteiger partial charge in [-0.15, -0.1) is 0 Å². The zero-order valence-corrected chi connectivity index (χ0v) is 11.1. The summed E-state index contributed by atoms with van der Waals surface area (Å²) in [6, 6.07) is 3.27. The summed E-state index contributed by atoms with van der Waals surface area (Å²) < 4.78 is 18.6. The van der Waals surface area contributed by atoms with E-state index in [1.165, 1.54) is 18.7 Å². The van der Waals surface area contributed by atoms with E-state index in [1.807, 2.05) is 0 Å². The molecule has 1 aliphatic carbocycles. The molecule has 19 heavy (non-hydrogen) atoms. The Morgan fingerprint density at radius 1 is 1.47 bits per heavy atom. The maximum Gasteiger partial charge on any atom is 0.260 e. The Hall–Kier alpha value is -1.65. The van der Waals surface area contributed by atoms with Crippen molar-refractivity contribution in [1.29, 1.82) is 0 Å². The minimum absolute atomic E-state index is 0.00814. The van der Waals surface area contributed by atoms with E-state index in [2.05, 4.69) is 10.3 Å². The van der Waals surface area contributed by atoms with Gasteiger partial charge in [-0.3, -0.25) is 4.79 Å². The zero-order valence-electron chi connectivity index (χ0n) is 11.1. The Balaban J connectivity index is 1.87. The predicted octanol–water partition coefficient (Wildman–Crippen LogP) is 2.44. The molecule has 0 spiro atoms. The van der Waals surface area contributed by atoms with Crippen LogP contribution in [0, 0.1) is 5.95 Å². The summed E-state index contributed by atoms with van der Waals surface area (Å²) in [5, 5.41) is 2.95. The number of aromatic nitrogens is 1. The van der Waals surface area contributed by atoms with E-state index in [1.54, 1.807) is 13.0 Å². The zero-order chi connectivity index (χ0) is 13.7. The van der Waals surface area contributed by atoms with Crippen molar-refractivity contribution in [1.82, 2.24) is 10.3 Å². The van der Waals surface area contributed by atoms with Crippen molar-refractivity contribution in [2.24, 2.45) is 0 Å². The van der Waals surface area contributed by atoms with Crippen LogP contribution in [-0.4, -0.2) is 23.0 Å². The molecule has 1 amide bonds. The second kappa shape index (κ2) is 6.50. The molecule has 0 aromatic carbocycles. The first-order valence-electron chi connectivity index (χ1n) is 6.74. The van der Waals surface area contributed by atoms with Crippen LogP contribution in [0.4, 0.5) is 4.39 Å². The first kappa shape index (κ1) is 13.8. The maximum atomic E-state index is 13.3. The van der Waals surface area contributed by atoms with Gasteiger partial charge in [0.1, 0.15) is 0 Å². The summed E-state index contributed by atoms with van der Waals surface area (Å²) in [4.78, 5) is 15.4.